The molecule has 0 unspecified atom stereocenters. The number of benzene rings is 2. The van der Waals surface area contributed by atoms with E-state index in [2.05, 4.69) is 26.8 Å². The normalized spacial score (nSPS) is 13.3. The first-order chi connectivity index (χ1) is 13.2. The van der Waals surface area contributed by atoms with Gasteiger partial charge in [-0.3, -0.25) is 9.89 Å². The van der Waals surface area contributed by atoms with Crippen molar-refractivity contribution in [3.8, 4) is 11.3 Å². The molecule has 134 valence electrons. The summed E-state index contributed by atoms with van der Waals surface area (Å²) in [5, 5.41) is 11.3. The topological polar surface area (TPSA) is 70.1 Å². The summed E-state index contributed by atoms with van der Waals surface area (Å²) in [5.41, 5.74) is 9.31. The Hall–Kier alpha value is -3.47. The van der Waals surface area contributed by atoms with E-state index in [1.54, 1.807) is 6.21 Å². The molecule has 0 aliphatic heterocycles. The third kappa shape index (κ3) is 3.58. The van der Waals surface area contributed by atoms with Crippen LogP contribution in [-0.2, 0) is 12.8 Å². The van der Waals surface area contributed by atoms with Gasteiger partial charge in [0.2, 0.25) is 0 Å². The summed E-state index contributed by atoms with van der Waals surface area (Å²) in [6.45, 7) is 1.94. The molecule has 0 radical (unpaired) electrons. The van der Waals surface area contributed by atoms with E-state index in [-0.39, 0.29) is 5.91 Å². The van der Waals surface area contributed by atoms with E-state index in [1.165, 1.54) is 5.56 Å². The molecule has 0 saturated carbocycles. The molecule has 0 saturated heterocycles. The fourth-order valence-electron chi connectivity index (χ4n) is 3.35. The molecule has 1 aliphatic carbocycles. The fourth-order valence-corrected chi connectivity index (χ4v) is 3.35. The number of carbonyl (C=O) groups is 1. The van der Waals surface area contributed by atoms with Gasteiger partial charge in [0.05, 0.1) is 11.9 Å². The summed E-state index contributed by atoms with van der Waals surface area (Å²) in [5.74, 6) is -0.271. The highest BCUT2D eigenvalue weighted by Gasteiger charge is 2.24. The Morgan fingerprint density at radius 3 is 2.74 bits per heavy atom. The smallest absolute Gasteiger partial charge is 0.272 e. The highest BCUT2D eigenvalue weighted by atomic mass is 16.2. The minimum absolute atomic E-state index is 0.271. The van der Waals surface area contributed by atoms with Crippen molar-refractivity contribution < 1.29 is 4.79 Å². The van der Waals surface area contributed by atoms with Crippen LogP contribution in [0, 0.1) is 0 Å². The van der Waals surface area contributed by atoms with Gasteiger partial charge in [-0.25, -0.2) is 5.43 Å². The molecule has 2 aromatic carbocycles. The largest absolute Gasteiger partial charge is 0.289 e. The number of H-pyrrole nitrogens is 1. The van der Waals surface area contributed by atoms with Crippen molar-refractivity contribution in [1.82, 2.24) is 15.6 Å². The van der Waals surface area contributed by atoms with Crippen molar-refractivity contribution in [3.63, 3.8) is 0 Å². The highest BCUT2D eigenvalue weighted by molar-refractivity contribution is 5.96. The van der Waals surface area contributed by atoms with E-state index in [9.17, 15) is 4.79 Å². The molecule has 2 N–H and O–H groups in total. The van der Waals surface area contributed by atoms with Gasteiger partial charge in [0.1, 0.15) is 5.69 Å². The number of hydrogen-bond acceptors (Lipinski definition) is 3. The zero-order valence-electron chi connectivity index (χ0n) is 15.1. The van der Waals surface area contributed by atoms with E-state index in [4.69, 9.17) is 0 Å². The molecule has 0 spiro atoms. The zero-order chi connectivity index (χ0) is 18.6. The first-order valence-corrected chi connectivity index (χ1v) is 8.94. The van der Waals surface area contributed by atoms with Crippen LogP contribution in [0.3, 0.4) is 0 Å². The lowest BCUT2D eigenvalue weighted by Crippen LogP contribution is -2.20. The maximum Gasteiger partial charge on any atom is 0.289 e. The van der Waals surface area contributed by atoms with Gasteiger partial charge >= 0.3 is 0 Å². The van der Waals surface area contributed by atoms with E-state index in [1.807, 2.05) is 61.5 Å². The SMILES string of the molecule is CC(/C=N/NC(=O)c1[nH]nc2c1CCc1ccccc1-2)=C\c1ccccc1. The van der Waals surface area contributed by atoms with E-state index >= 15 is 0 Å². The van der Waals surface area contributed by atoms with Crippen LogP contribution >= 0.6 is 0 Å². The maximum absolute atomic E-state index is 12.5. The molecule has 0 fully saturated rings. The van der Waals surface area contributed by atoms with Crippen LogP contribution < -0.4 is 5.43 Å². The predicted molar refractivity (Wildman–Crippen MR) is 107 cm³/mol. The van der Waals surface area contributed by atoms with E-state index < -0.39 is 0 Å². The molecule has 3 aromatic rings. The molecular formula is C22H20N4O. The average Bonchev–Trinajstić information content (AvgIpc) is 3.13. The zero-order valence-corrected chi connectivity index (χ0v) is 15.1. The Labute approximate surface area is 157 Å². The molecule has 27 heavy (non-hydrogen) atoms. The highest BCUT2D eigenvalue weighted by Crippen LogP contribution is 2.33. The number of aromatic amines is 1. The monoisotopic (exact) mass is 356 g/mol. The third-order valence-corrected chi connectivity index (χ3v) is 4.64. The van der Waals surface area contributed by atoms with Crippen molar-refractivity contribution in [1.29, 1.82) is 0 Å². The predicted octanol–water partition coefficient (Wildman–Crippen LogP) is 3.99. The summed E-state index contributed by atoms with van der Waals surface area (Å²) in [7, 11) is 0. The Kier molecular flexibility index (Phi) is 4.66. The molecule has 1 aromatic heterocycles. The van der Waals surface area contributed by atoms with Gasteiger partial charge in [0.15, 0.2) is 0 Å². The minimum atomic E-state index is -0.271. The first-order valence-electron chi connectivity index (χ1n) is 8.94. The summed E-state index contributed by atoms with van der Waals surface area (Å²) in [6, 6.07) is 18.2. The first kappa shape index (κ1) is 17.0. The van der Waals surface area contributed by atoms with Crippen molar-refractivity contribution in [2.24, 2.45) is 5.10 Å². The summed E-state index contributed by atoms with van der Waals surface area (Å²) < 4.78 is 0. The van der Waals surface area contributed by atoms with E-state index in [0.717, 1.165) is 40.8 Å². The van der Waals surface area contributed by atoms with Gasteiger partial charge in [-0.15, -0.1) is 0 Å². The number of rotatable bonds is 4. The van der Waals surface area contributed by atoms with Crippen LogP contribution in [0.25, 0.3) is 17.3 Å². The second-order valence-electron chi connectivity index (χ2n) is 6.58. The van der Waals surface area contributed by atoms with Crippen LogP contribution in [0.5, 0.6) is 0 Å². The number of aromatic nitrogens is 2. The third-order valence-electron chi connectivity index (χ3n) is 4.64. The van der Waals surface area contributed by atoms with Crippen LogP contribution in [0.15, 0.2) is 65.3 Å². The second-order valence-corrected chi connectivity index (χ2v) is 6.58. The van der Waals surface area contributed by atoms with Crippen LogP contribution in [0.1, 0.15) is 34.1 Å². The lowest BCUT2D eigenvalue weighted by Gasteiger charge is -2.15. The van der Waals surface area contributed by atoms with Crippen LogP contribution in [0.4, 0.5) is 0 Å². The van der Waals surface area contributed by atoms with Crippen LogP contribution in [0.2, 0.25) is 0 Å². The number of amides is 1. The number of hydrogen-bond donors (Lipinski definition) is 2. The van der Waals surface area contributed by atoms with Crippen LogP contribution in [-0.4, -0.2) is 22.3 Å². The van der Waals surface area contributed by atoms with Gasteiger partial charge in [-0.05, 0) is 36.5 Å². The van der Waals surface area contributed by atoms with Gasteiger partial charge in [-0.1, -0.05) is 60.7 Å². The average molecular weight is 356 g/mol. The van der Waals surface area contributed by atoms with Gasteiger partial charge in [-0.2, -0.15) is 10.2 Å². The molecule has 0 atom stereocenters. The standard InChI is InChI=1S/C22H20N4O/c1-15(13-16-7-3-2-4-8-16)14-23-26-22(27)21-19-12-11-17-9-5-6-10-18(17)20(19)24-25-21/h2-10,13-14H,11-12H2,1H3,(H,24,25)(H,26,27)/b15-13+,23-14+. The number of aryl methyl sites for hydroxylation is 1. The molecule has 4 rings (SSSR count). The Morgan fingerprint density at radius 1 is 1.11 bits per heavy atom. The van der Waals surface area contributed by atoms with Gasteiger partial charge in [0.25, 0.3) is 5.91 Å². The Bertz CT molecular complexity index is 1030. The number of hydrazone groups is 1. The molecule has 0 bridgehead atoms. The quantitative estimate of drug-likeness (QED) is 0.548. The van der Waals surface area contributed by atoms with Crippen molar-refractivity contribution in [2.45, 2.75) is 19.8 Å². The van der Waals surface area contributed by atoms with Crippen molar-refractivity contribution >= 4 is 18.2 Å². The maximum atomic E-state index is 12.5. The molecule has 1 heterocycles. The molecular weight excluding hydrogens is 336 g/mol. The van der Waals surface area contributed by atoms with Gasteiger partial charge in [0, 0.05) is 11.1 Å². The summed E-state index contributed by atoms with van der Waals surface area (Å²) in [6.07, 6.45) is 5.35. The molecule has 1 aliphatic rings. The Balaban J connectivity index is 1.47. The summed E-state index contributed by atoms with van der Waals surface area (Å²) >= 11 is 0. The molecule has 5 heteroatoms. The lowest BCUT2D eigenvalue weighted by atomic mass is 9.89. The van der Waals surface area contributed by atoms with Gasteiger partial charge < -0.3 is 0 Å². The van der Waals surface area contributed by atoms with Crippen molar-refractivity contribution in [2.75, 3.05) is 0 Å². The second kappa shape index (κ2) is 7.41. The number of carbonyl (C=O) groups excluding carboxylic acids is 1. The summed E-state index contributed by atoms with van der Waals surface area (Å²) in [4.78, 5) is 12.5. The minimum Gasteiger partial charge on any atom is -0.272 e. The lowest BCUT2D eigenvalue weighted by molar-refractivity contribution is 0.0949. The molecule has 1 amide bonds. The number of allylic oxidation sites excluding steroid dienone is 1. The molecule has 5 nitrogen and oxygen atoms in total. The number of nitrogens with zero attached hydrogens (tertiary/aromatic N) is 2. The van der Waals surface area contributed by atoms with Crippen molar-refractivity contribution in [3.05, 3.63) is 82.6 Å². The Morgan fingerprint density at radius 2 is 1.89 bits per heavy atom. The fraction of sp³-hybridized carbons (Fsp3) is 0.136. The number of fused-ring (bicyclic) bond motifs is 3. The van der Waals surface area contributed by atoms with E-state index in [0.29, 0.717) is 5.69 Å². The number of nitrogens with one attached hydrogen (secondary N) is 2.